The van der Waals surface area contributed by atoms with Crippen LogP contribution in [0.3, 0.4) is 0 Å². The van der Waals surface area contributed by atoms with Gasteiger partial charge in [-0.05, 0) is 43.4 Å². The van der Waals surface area contributed by atoms with Crippen LogP contribution < -0.4 is 10.1 Å². The number of hydrogen-bond acceptors (Lipinski definition) is 6. The molecular formula is C20H20N2O4. The van der Waals surface area contributed by atoms with Crippen molar-refractivity contribution in [1.82, 2.24) is 10.3 Å². The third kappa shape index (κ3) is 2.97. The maximum atomic E-state index is 12.7. The molecule has 3 heterocycles. The van der Waals surface area contributed by atoms with E-state index in [0.29, 0.717) is 29.0 Å². The second kappa shape index (κ2) is 6.53. The highest BCUT2D eigenvalue weighted by Gasteiger charge is 2.41. The molecule has 0 aliphatic carbocycles. The van der Waals surface area contributed by atoms with Gasteiger partial charge in [0.15, 0.2) is 5.78 Å². The highest BCUT2D eigenvalue weighted by molar-refractivity contribution is 6.01. The second-order valence-electron chi connectivity index (χ2n) is 6.77. The monoisotopic (exact) mass is 352 g/mol. The van der Waals surface area contributed by atoms with Crippen molar-refractivity contribution < 1.29 is 19.1 Å². The van der Waals surface area contributed by atoms with Gasteiger partial charge in [0, 0.05) is 24.6 Å². The van der Waals surface area contributed by atoms with Gasteiger partial charge in [-0.25, -0.2) is 4.79 Å². The summed E-state index contributed by atoms with van der Waals surface area (Å²) in [6.45, 7) is 1.74. The summed E-state index contributed by atoms with van der Waals surface area (Å²) in [6.07, 6.45) is 3.58. The van der Waals surface area contributed by atoms with Crippen LogP contribution in [0, 0.1) is 0 Å². The van der Waals surface area contributed by atoms with Crippen LogP contribution in [-0.4, -0.2) is 42.5 Å². The molecule has 2 aliphatic heterocycles. The van der Waals surface area contributed by atoms with Crippen LogP contribution in [-0.2, 0) is 4.74 Å². The van der Waals surface area contributed by atoms with Crippen molar-refractivity contribution in [3.05, 3.63) is 47.7 Å². The molecule has 1 saturated heterocycles. The fraction of sp³-hybridized carbons (Fsp3) is 0.350. The Balaban J connectivity index is 1.63. The lowest BCUT2D eigenvalue weighted by Crippen LogP contribution is -2.49. The maximum absolute atomic E-state index is 12.7. The molecule has 1 aromatic heterocycles. The first-order valence-electron chi connectivity index (χ1n) is 8.72. The van der Waals surface area contributed by atoms with Crippen molar-refractivity contribution in [3.63, 3.8) is 0 Å². The molecule has 26 heavy (non-hydrogen) atoms. The number of hydrogen-bond donors (Lipinski definition) is 1. The molecule has 0 atom stereocenters. The van der Waals surface area contributed by atoms with Crippen molar-refractivity contribution >= 4 is 11.8 Å². The average molecular weight is 352 g/mol. The van der Waals surface area contributed by atoms with E-state index in [1.807, 2.05) is 18.2 Å². The van der Waals surface area contributed by atoms with Gasteiger partial charge in [-0.1, -0.05) is 0 Å². The van der Waals surface area contributed by atoms with Gasteiger partial charge in [0.25, 0.3) is 0 Å². The molecule has 0 saturated carbocycles. The van der Waals surface area contributed by atoms with E-state index in [1.54, 1.807) is 12.1 Å². The first-order chi connectivity index (χ1) is 12.6. The topological polar surface area (TPSA) is 77.5 Å². The number of Topliss-reactive ketones (excluding diaryl/α,β-unsaturated/α-hetero) is 1. The molecule has 6 nitrogen and oxygen atoms in total. The third-order valence-corrected chi connectivity index (χ3v) is 5.08. The number of methoxy groups -OCH3 is 1. The van der Waals surface area contributed by atoms with Gasteiger partial charge in [0.2, 0.25) is 0 Å². The van der Waals surface area contributed by atoms with E-state index >= 15 is 0 Å². The van der Waals surface area contributed by atoms with Gasteiger partial charge in [-0.3, -0.25) is 9.78 Å². The van der Waals surface area contributed by atoms with Gasteiger partial charge in [-0.2, -0.15) is 0 Å². The van der Waals surface area contributed by atoms with E-state index in [2.05, 4.69) is 15.0 Å². The van der Waals surface area contributed by atoms with E-state index < -0.39 is 5.97 Å². The van der Waals surface area contributed by atoms with E-state index in [0.717, 1.165) is 31.5 Å². The molecule has 1 N–H and O–H groups in total. The van der Waals surface area contributed by atoms with Gasteiger partial charge in [-0.15, -0.1) is 0 Å². The van der Waals surface area contributed by atoms with E-state index in [4.69, 9.17) is 4.74 Å². The standard InChI is InChI=1S/C20H20N2O4/c1-25-19(24)14-2-4-16(22-12-14)13-3-5-18-15(10-13)17(23)11-20(26-18)6-8-21-9-7-20/h2-5,10,12,21H,6-9,11H2,1H3. The third-order valence-electron chi connectivity index (χ3n) is 5.08. The zero-order valence-corrected chi connectivity index (χ0v) is 14.6. The fourth-order valence-corrected chi connectivity index (χ4v) is 3.62. The van der Waals surface area contributed by atoms with Crippen LogP contribution in [0.25, 0.3) is 11.3 Å². The first-order valence-corrected chi connectivity index (χ1v) is 8.72. The van der Waals surface area contributed by atoms with Gasteiger partial charge >= 0.3 is 5.97 Å². The first kappa shape index (κ1) is 16.7. The van der Waals surface area contributed by atoms with Crippen molar-refractivity contribution in [2.75, 3.05) is 20.2 Å². The predicted molar refractivity (Wildman–Crippen MR) is 95.4 cm³/mol. The number of nitrogens with zero attached hydrogens (tertiary/aromatic N) is 1. The van der Waals surface area contributed by atoms with Crippen LogP contribution in [0.1, 0.15) is 40.0 Å². The van der Waals surface area contributed by atoms with Gasteiger partial charge < -0.3 is 14.8 Å². The smallest absolute Gasteiger partial charge is 0.339 e. The summed E-state index contributed by atoms with van der Waals surface area (Å²) in [5.41, 5.74) is 2.14. The summed E-state index contributed by atoms with van der Waals surface area (Å²) in [7, 11) is 1.33. The predicted octanol–water partition coefficient (Wildman–Crippen LogP) is 2.62. The Morgan fingerprint density at radius 3 is 2.73 bits per heavy atom. The van der Waals surface area contributed by atoms with Crippen molar-refractivity contribution in [2.24, 2.45) is 0 Å². The number of rotatable bonds is 2. The largest absolute Gasteiger partial charge is 0.486 e. The molecule has 2 aliphatic rings. The second-order valence-corrected chi connectivity index (χ2v) is 6.77. The minimum absolute atomic E-state index is 0.112. The Hall–Kier alpha value is -2.73. The number of nitrogens with one attached hydrogen (secondary N) is 1. The Labute approximate surface area is 151 Å². The number of fused-ring (bicyclic) bond motifs is 1. The van der Waals surface area contributed by atoms with Gasteiger partial charge in [0.05, 0.1) is 30.4 Å². The van der Waals surface area contributed by atoms with Crippen LogP contribution in [0.4, 0.5) is 0 Å². The molecule has 4 rings (SSSR count). The minimum atomic E-state index is -0.426. The summed E-state index contributed by atoms with van der Waals surface area (Å²) < 4.78 is 10.9. The fourth-order valence-electron chi connectivity index (χ4n) is 3.62. The maximum Gasteiger partial charge on any atom is 0.339 e. The number of aromatic nitrogens is 1. The number of piperidine rings is 1. The molecule has 134 valence electrons. The number of esters is 1. The lowest BCUT2D eigenvalue weighted by Gasteiger charge is -2.40. The summed E-state index contributed by atoms with van der Waals surface area (Å²) in [5.74, 6) is 0.338. The zero-order valence-electron chi connectivity index (χ0n) is 14.6. The molecule has 1 fully saturated rings. The van der Waals surface area contributed by atoms with Gasteiger partial charge in [0.1, 0.15) is 11.4 Å². The number of pyridine rings is 1. The molecule has 1 spiro atoms. The SMILES string of the molecule is COC(=O)c1ccc(-c2ccc3c(c2)C(=O)CC2(CCNCC2)O3)nc1. The van der Waals surface area contributed by atoms with Crippen molar-refractivity contribution in [3.8, 4) is 17.0 Å². The minimum Gasteiger partial charge on any atom is -0.486 e. The number of ketones is 1. The van der Waals surface area contributed by atoms with E-state index in [-0.39, 0.29) is 11.4 Å². The number of ether oxygens (including phenoxy) is 2. The van der Waals surface area contributed by atoms with Crippen LogP contribution in [0.5, 0.6) is 5.75 Å². The summed E-state index contributed by atoms with van der Waals surface area (Å²) in [6, 6.07) is 8.98. The van der Waals surface area contributed by atoms with E-state index in [9.17, 15) is 9.59 Å². The normalized spacial score (nSPS) is 18.1. The van der Waals surface area contributed by atoms with Crippen LogP contribution >= 0.6 is 0 Å². The Morgan fingerprint density at radius 2 is 2.04 bits per heavy atom. The Morgan fingerprint density at radius 1 is 1.23 bits per heavy atom. The summed E-state index contributed by atoms with van der Waals surface area (Å²) in [5, 5.41) is 3.31. The highest BCUT2D eigenvalue weighted by atomic mass is 16.5. The number of benzene rings is 1. The van der Waals surface area contributed by atoms with Crippen molar-refractivity contribution in [2.45, 2.75) is 24.9 Å². The average Bonchev–Trinajstić information content (AvgIpc) is 2.68. The van der Waals surface area contributed by atoms with Crippen molar-refractivity contribution in [1.29, 1.82) is 0 Å². The highest BCUT2D eigenvalue weighted by Crippen LogP contribution is 2.39. The number of carbonyl (C=O) groups excluding carboxylic acids is 2. The summed E-state index contributed by atoms with van der Waals surface area (Å²) >= 11 is 0. The molecule has 2 aromatic rings. The van der Waals surface area contributed by atoms with Crippen LogP contribution in [0.2, 0.25) is 0 Å². The lowest BCUT2D eigenvalue weighted by molar-refractivity contribution is 0.0187. The zero-order chi connectivity index (χ0) is 18.1. The summed E-state index contributed by atoms with van der Waals surface area (Å²) in [4.78, 5) is 28.6. The molecule has 0 bridgehead atoms. The molecule has 1 aromatic carbocycles. The van der Waals surface area contributed by atoms with Crippen LogP contribution in [0.15, 0.2) is 36.5 Å². The van der Waals surface area contributed by atoms with E-state index in [1.165, 1.54) is 13.3 Å². The molecular weight excluding hydrogens is 332 g/mol. The molecule has 0 amide bonds. The quantitative estimate of drug-likeness (QED) is 0.837. The number of carbonyl (C=O) groups is 2. The molecule has 6 heteroatoms. The Kier molecular flexibility index (Phi) is 4.20. The molecule has 0 unspecified atom stereocenters. The lowest BCUT2D eigenvalue weighted by atomic mass is 9.82. The molecule has 0 radical (unpaired) electrons. The Bertz CT molecular complexity index is 855.